The molecule has 2 rings (SSSR count). The van der Waals surface area contributed by atoms with Gasteiger partial charge in [0.25, 0.3) is 0 Å². The van der Waals surface area contributed by atoms with Crippen molar-refractivity contribution >= 4 is 30.5 Å². The first kappa shape index (κ1) is 12.9. The molecule has 0 heterocycles. The first-order chi connectivity index (χ1) is 6.83. The van der Waals surface area contributed by atoms with Crippen LogP contribution in [0.3, 0.4) is 0 Å². The summed E-state index contributed by atoms with van der Waals surface area (Å²) in [5.41, 5.74) is 2.90. The molecule has 0 saturated heterocycles. The van der Waals surface area contributed by atoms with Gasteiger partial charge in [-0.3, -0.25) is 0 Å². The van der Waals surface area contributed by atoms with E-state index in [2.05, 4.69) is 67.8 Å². The van der Waals surface area contributed by atoms with Crippen molar-refractivity contribution in [2.24, 2.45) is 0 Å². The summed E-state index contributed by atoms with van der Waals surface area (Å²) in [5.74, 6) is 0.672. The Labute approximate surface area is 109 Å². The summed E-state index contributed by atoms with van der Waals surface area (Å²) in [6.45, 7) is 2.23. The van der Waals surface area contributed by atoms with Gasteiger partial charge < -0.3 is 0 Å². The summed E-state index contributed by atoms with van der Waals surface area (Å²) < 4.78 is 0. The Morgan fingerprint density at radius 3 is 2.57 bits per heavy atom. The third kappa shape index (κ3) is 3.43. The molecule has 1 unspecified atom stereocenters. The monoisotopic (exact) mass is 392 g/mol. The average molecular weight is 395 g/mol. The van der Waals surface area contributed by atoms with Crippen molar-refractivity contribution in [2.45, 2.75) is 19.3 Å². The van der Waals surface area contributed by atoms with Gasteiger partial charge in [-0.25, -0.2) is 0 Å². The van der Waals surface area contributed by atoms with Crippen LogP contribution in [-0.4, -0.2) is 0 Å². The zero-order valence-corrected chi connectivity index (χ0v) is 13.6. The number of halogens is 2. The normalized spacial score (nSPS) is 16.9. The van der Waals surface area contributed by atoms with Gasteiger partial charge in [0, 0.05) is 5.92 Å². The van der Waals surface area contributed by atoms with Gasteiger partial charge in [-0.15, -0.1) is 0 Å². The van der Waals surface area contributed by atoms with E-state index in [9.17, 15) is 0 Å². The first-order valence-corrected chi connectivity index (χ1v) is 15.8. The number of rotatable bonds is 1. The number of hydrogen-bond acceptors (Lipinski definition) is 0. The van der Waals surface area contributed by atoms with Crippen molar-refractivity contribution in [2.75, 3.05) is 0 Å². The molecular weight excluding hydrogens is 383 g/mol. The molecule has 0 radical (unpaired) electrons. The van der Waals surface area contributed by atoms with Crippen LogP contribution in [0.25, 0.3) is 6.08 Å². The van der Waals surface area contributed by atoms with Crippen molar-refractivity contribution in [3.63, 3.8) is 0 Å². The summed E-state index contributed by atoms with van der Waals surface area (Å²) >= 11 is 6.32. The Bertz CT molecular complexity index is 310. The zero-order chi connectivity index (χ0) is 10.4. The molecule has 1 aliphatic carbocycles. The SMILES string of the molecule is CCC1C=Cc2ccccc21.[Br][Zr][Br]. The Morgan fingerprint density at radius 2 is 1.93 bits per heavy atom. The Balaban J connectivity index is 0.000000293. The second-order valence-corrected chi connectivity index (χ2v) is 14.4. The van der Waals surface area contributed by atoms with E-state index >= 15 is 0 Å². The van der Waals surface area contributed by atoms with E-state index in [1.807, 2.05) is 0 Å². The maximum absolute atomic E-state index is 3.23. The van der Waals surface area contributed by atoms with Crippen molar-refractivity contribution < 1.29 is 18.5 Å². The molecule has 74 valence electrons. The fourth-order valence-electron chi connectivity index (χ4n) is 1.68. The van der Waals surface area contributed by atoms with Gasteiger partial charge in [0.2, 0.25) is 0 Å². The van der Waals surface area contributed by atoms with Crippen LogP contribution in [0.2, 0.25) is 0 Å². The quantitative estimate of drug-likeness (QED) is 0.635. The summed E-state index contributed by atoms with van der Waals surface area (Å²) in [7, 11) is 0. The van der Waals surface area contributed by atoms with Gasteiger partial charge >= 0.3 is 43.0 Å². The molecule has 0 nitrogen and oxygen atoms in total. The summed E-state index contributed by atoms with van der Waals surface area (Å²) in [6, 6.07) is 8.63. The van der Waals surface area contributed by atoms with Crippen molar-refractivity contribution in [1.29, 1.82) is 0 Å². The van der Waals surface area contributed by atoms with Crippen molar-refractivity contribution in [3.8, 4) is 0 Å². The molecule has 1 aliphatic rings. The van der Waals surface area contributed by atoms with Crippen LogP contribution in [0.1, 0.15) is 30.4 Å². The number of fused-ring (bicyclic) bond motifs is 1. The molecule has 0 aromatic heterocycles. The predicted octanol–water partition coefficient (Wildman–Crippen LogP) is 4.90. The van der Waals surface area contributed by atoms with Gasteiger partial charge in [-0.05, 0) is 17.5 Å². The molecular formula is C11H12Br2Zr. The van der Waals surface area contributed by atoms with Crippen molar-refractivity contribution in [3.05, 3.63) is 41.5 Å². The van der Waals surface area contributed by atoms with Gasteiger partial charge in [0.15, 0.2) is 0 Å². The first-order valence-electron chi connectivity index (χ1n) is 4.56. The summed E-state index contributed by atoms with van der Waals surface area (Å²) in [4.78, 5) is 0. The van der Waals surface area contributed by atoms with Gasteiger partial charge in [-0.1, -0.05) is 43.3 Å². The van der Waals surface area contributed by atoms with Crippen LogP contribution < -0.4 is 0 Å². The fourth-order valence-corrected chi connectivity index (χ4v) is 1.68. The Kier molecular flexibility index (Phi) is 6.56. The van der Waals surface area contributed by atoms with E-state index in [0.29, 0.717) is 5.92 Å². The summed E-state index contributed by atoms with van der Waals surface area (Å²) in [5, 5.41) is 0. The number of hydrogen-bond donors (Lipinski definition) is 0. The molecule has 0 bridgehead atoms. The molecule has 0 spiro atoms. The molecule has 14 heavy (non-hydrogen) atoms. The van der Waals surface area contributed by atoms with Crippen LogP contribution in [0.5, 0.6) is 0 Å². The predicted molar refractivity (Wildman–Crippen MR) is 66.4 cm³/mol. The molecule has 0 saturated carbocycles. The van der Waals surface area contributed by atoms with Gasteiger partial charge in [0.1, 0.15) is 0 Å². The minimum atomic E-state index is -0.145. The van der Waals surface area contributed by atoms with E-state index in [4.69, 9.17) is 0 Å². The Morgan fingerprint density at radius 1 is 1.29 bits per heavy atom. The molecule has 1 aromatic rings. The zero-order valence-electron chi connectivity index (χ0n) is 8.00. The van der Waals surface area contributed by atoms with Gasteiger partial charge in [-0.2, -0.15) is 0 Å². The van der Waals surface area contributed by atoms with E-state index in [1.54, 1.807) is 0 Å². The molecule has 0 aliphatic heterocycles. The fraction of sp³-hybridized carbons (Fsp3) is 0.273. The van der Waals surface area contributed by atoms with Crippen LogP contribution in [0.4, 0.5) is 0 Å². The molecule has 0 fully saturated rings. The van der Waals surface area contributed by atoms with Crippen LogP contribution >= 0.6 is 24.4 Å². The molecule has 1 atom stereocenters. The second kappa shape index (κ2) is 7.14. The minimum absolute atomic E-state index is 0.145. The van der Waals surface area contributed by atoms with Crippen LogP contribution in [0.15, 0.2) is 30.3 Å². The van der Waals surface area contributed by atoms with E-state index in [0.717, 1.165) is 0 Å². The third-order valence-corrected chi connectivity index (χ3v) is 2.34. The molecule has 3 heteroatoms. The van der Waals surface area contributed by atoms with Gasteiger partial charge in [0.05, 0.1) is 0 Å². The molecule has 0 amide bonds. The summed E-state index contributed by atoms with van der Waals surface area (Å²) in [6.07, 6.45) is 5.74. The second-order valence-electron chi connectivity index (χ2n) is 3.07. The third-order valence-electron chi connectivity index (χ3n) is 2.34. The van der Waals surface area contributed by atoms with Crippen LogP contribution in [0, 0.1) is 0 Å². The molecule has 1 aromatic carbocycles. The van der Waals surface area contributed by atoms with E-state index in [-0.39, 0.29) is 18.5 Å². The number of allylic oxidation sites excluding steroid dienone is 1. The van der Waals surface area contributed by atoms with Crippen LogP contribution in [-0.2, 0) is 18.5 Å². The maximum atomic E-state index is 3.23. The average Bonchev–Trinajstić information content (AvgIpc) is 2.62. The topological polar surface area (TPSA) is 0 Å². The van der Waals surface area contributed by atoms with E-state index < -0.39 is 0 Å². The van der Waals surface area contributed by atoms with Crippen molar-refractivity contribution in [1.82, 2.24) is 0 Å². The number of benzene rings is 1. The standard InChI is InChI=1S/C11H12.2BrH.Zr/c1-2-9-7-8-10-5-3-4-6-11(9)10;;;/h3-9H,2H2,1H3;2*1H;/q;;;+2/p-2. The van der Waals surface area contributed by atoms with E-state index in [1.165, 1.54) is 17.5 Å². The Hall–Kier alpha value is 0.803. The molecule has 0 N–H and O–H groups in total.